The third-order valence-corrected chi connectivity index (χ3v) is 3.03. The van der Waals surface area contributed by atoms with Crippen LogP contribution in [-0.4, -0.2) is 44.8 Å². The number of rotatable bonds is 7. The second kappa shape index (κ2) is 6.42. The summed E-state index contributed by atoms with van der Waals surface area (Å²) >= 11 is 0. The first kappa shape index (κ1) is 13.7. The van der Waals surface area contributed by atoms with E-state index in [-0.39, 0.29) is 11.8 Å². The van der Waals surface area contributed by atoms with Crippen LogP contribution in [0.25, 0.3) is 0 Å². The fraction of sp³-hybridized carbons (Fsp3) is 0.667. The molecule has 1 aliphatic heterocycles. The van der Waals surface area contributed by atoms with Crippen LogP contribution in [0.4, 0.5) is 0 Å². The van der Waals surface area contributed by atoms with Gasteiger partial charge in [-0.3, -0.25) is 19.2 Å². The van der Waals surface area contributed by atoms with Crippen LogP contribution in [0.5, 0.6) is 0 Å². The van der Waals surface area contributed by atoms with Gasteiger partial charge in [0.15, 0.2) is 0 Å². The van der Waals surface area contributed by atoms with E-state index in [1.807, 2.05) is 6.20 Å². The van der Waals surface area contributed by atoms with Crippen molar-refractivity contribution in [2.75, 3.05) is 13.1 Å². The second-order valence-electron chi connectivity index (χ2n) is 4.59. The maximum Gasteiger partial charge on any atom is 0.229 e. The van der Waals surface area contributed by atoms with Gasteiger partial charge in [-0.2, -0.15) is 0 Å². The monoisotopic (exact) mass is 265 g/mol. The molecule has 0 radical (unpaired) electrons. The van der Waals surface area contributed by atoms with Gasteiger partial charge in [0.2, 0.25) is 11.8 Å². The minimum atomic E-state index is -0.0880. The highest BCUT2D eigenvalue weighted by molar-refractivity contribution is 6.01. The number of nitrogens with one attached hydrogen (secondary N) is 1. The first-order valence-corrected chi connectivity index (χ1v) is 6.63. The largest absolute Gasteiger partial charge is 0.311 e. The van der Waals surface area contributed by atoms with Crippen LogP contribution in [0.2, 0.25) is 0 Å². The molecule has 0 aromatic carbocycles. The smallest absolute Gasteiger partial charge is 0.229 e. The van der Waals surface area contributed by atoms with Gasteiger partial charge in [-0.05, 0) is 13.0 Å². The summed E-state index contributed by atoms with van der Waals surface area (Å²) < 4.78 is 1.67. The number of hydrogen-bond donors (Lipinski definition) is 1. The highest BCUT2D eigenvalue weighted by Crippen LogP contribution is 2.11. The van der Waals surface area contributed by atoms with Gasteiger partial charge < -0.3 is 5.32 Å². The van der Waals surface area contributed by atoms with Gasteiger partial charge in [0.1, 0.15) is 0 Å². The van der Waals surface area contributed by atoms with Gasteiger partial charge in [0.05, 0.1) is 12.2 Å². The van der Waals surface area contributed by atoms with Crippen molar-refractivity contribution >= 4 is 11.8 Å². The molecule has 1 aromatic rings. The Kier molecular flexibility index (Phi) is 4.62. The van der Waals surface area contributed by atoms with Gasteiger partial charge in [-0.25, -0.2) is 0 Å². The van der Waals surface area contributed by atoms with E-state index in [9.17, 15) is 9.59 Å². The van der Waals surface area contributed by atoms with E-state index in [0.717, 1.165) is 18.7 Å². The molecule has 7 nitrogen and oxygen atoms in total. The number of carbonyl (C=O) groups excluding carboxylic acids is 2. The molecular formula is C12H19N5O2. The van der Waals surface area contributed by atoms with Crippen molar-refractivity contribution in [1.29, 1.82) is 0 Å². The Labute approximate surface area is 112 Å². The molecule has 19 heavy (non-hydrogen) atoms. The zero-order valence-corrected chi connectivity index (χ0v) is 11.1. The van der Waals surface area contributed by atoms with Crippen molar-refractivity contribution in [2.24, 2.45) is 0 Å². The zero-order chi connectivity index (χ0) is 13.7. The Morgan fingerprint density at radius 1 is 1.26 bits per heavy atom. The lowest BCUT2D eigenvalue weighted by atomic mass is 10.4. The first-order valence-electron chi connectivity index (χ1n) is 6.63. The predicted octanol–water partition coefficient (Wildman–Crippen LogP) is -0.0733. The van der Waals surface area contributed by atoms with Gasteiger partial charge in [0, 0.05) is 32.1 Å². The third kappa shape index (κ3) is 3.60. The van der Waals surface area contributed by atoms with Crippen molar-refractivity contribution in [3.05, 3.63) is 11.9 Å². The lowest BCUT2D eigenvalue weighted by Crippen LogP contribution is -2.32. The summed E-state index contributed by atoms with van der Waals surface area (Å²) in [6, 6.07) is 0. The van der Waals surface area contributed by atoms with Crippen LogP contribution in [0.15, 0.2) is 6.20 Å². The molecule has 104 valence electrons. The van der Waals surface area contributed by atoms with Crippen LogP contribution in [0.3, 0.4) is 0 Å². The molecule has 1 N–H and O–H groups in total. The van der Waals surface area contributed by atoms with Crippen molar-refractivity contribution in [3.8, 4) is 0 Å². The van der Waals surface area contributed by atoms with Crippen LogP contribution >= 0.6 is 0 Å². The van der Waals surface area contributed by atoms with Gasteiger partial charge in [-0.1, -0.05) is 12.1 Å². The zero-order valence-electron chi connectivity index (χ0n) is 11.1. The lowest BCUT2D eigenvalue weighted by Gasteiger charge is -2.12. The summed E-state index contributed by atoms with van der Waals surface area (Å²) in [6.45, 7) is 4.62. The van der Waals surface area contributed by atoms with Crippen molar-refractivity contribution < 1.29 is 9.59 Å². The van der Waals surface area contributed by atoms with Crippen LogP contribution < -0.4 is 5.32 Å². The summed E-state index contributed by atoms with van der Waals surface area (Å²) in [7, 11) is 0. The summed E-state index contributed by atoms with van der Waals surface area (Å²) in [5.74, 6) is -0.176. The van der Waals surface area contributed by atoms with Crippen molar-refractivity contribution in [2.45, 2.75) is 39.3 Å². The number of hydrogen-bond acceptors (Lipinski definition) is 5. The van der Waals surface area contributed by atoms with Gasteiger partial charge in [-0.15, -0.1) is 5.10 Å². The third-order valence-electron chi connectivity index (χ3n) is 3.03. The Morgan fingerprint density at radius 2 is 2.00 bits per heavy atom. The van der Waals surface area contributed by atoms with Crippen molar-refractivity contribution in [1.82, 2.24) is 25.2 Å². The molecular weight excluding hydrogens is 246 g/mol. The first-order chi connectivity index (χ1) is 9.20. The molecule has 0 unspecified atom stereocenters. The quantitative estimate of drug-likeness (QED) is 0.551. The molecule has 0 aliphatic carbocycles. The average molecular weight is 265 g/mol. The molecule has 2 rings (SSSR count). The van der Waals surface area contributed by atoms with Crippen LogP contribution in [0.1, 0.15) is 31.9 Å². The summed E-state index contributed by atoms with van der Waals surface area (Å²) in [6.07, 6.45) is 3.59. The second-order valence-corrected chi connectivity index (χ2v) is 4.59. The van der Waals surface area contributed by atoms with E-state index in [1.54, 1.807) is 4.68 Å². The van der Waals surface area contributed by atoms with E-state index in [0.29, 0.717) is 32.5 Å². The molecule has 0 saturated carbocycles. The van der Waals surface area contributed by atoms with E-state index in [2.05, 4.69) is 22.6 Å². The Hall–Kier alpha value is -1.76. The molecule has 2 amide bonds. The molecule has 0 atom stereocenters. The van der Waals surface area contributed by atoms with Crippen LogP contribution in [0, 0.1) is 0 Å². The number of imide groups is 1. The molecule has 0 spiro atoms. The normalized spacial score (nSPS) is 15.5. The minimum Gasteiger partial charge on any atom is -0.311 e. The van der Waals surface area contributed by atoms with Crippen molar-refractivity contribution in [3.63, 3.8) is 0 Å². The van der Waals surface area contributed by atoms with E-state index >= 15 is 0 Å². The average Bonchev–Trinajstić information content (AvgIpc) is 2.96. The molecule has 0 bridgehead atoms. The van der Waals surface area contributed by atoms with Gasteiger partial charge >= 0.3 is 0 Å². The van der Waals surface area contributed by atoms with Gasteiger partial charge in [0.25, 0.3) is 0 Å². The number of nitrogens with zero attached hydrogens (tertiary/aromatic N) is 4. The highest BCUT2D eigenvalue weighted by atomic mass is 16.2. The lowest BCUT2D eigenvalue weighted by molar-refractivity contribution is -0.138. The topological polar surface area (TPSA) is 80.1 Å². The summed E-state index contributed by atoms with van der Waals surface area (Å²) in [5.41, 5.74) is 0.868. The fourth-order valence-corrected chi connectivity index (χ4v) is 2.00. The van der Waals surface area contributed by atoms with E-state index in [4.69, 9.17) is 0 Å². The minimum absolute atomic E-state index is 0.0880. The predicted molar refractivity (Wildman–Crippen MR) is 68.0 cm³/mol. The molecule has 1 fully saturated rings. The standard InChI is InChI=1S/C12H19N5O2/c1-2-5-13-8-10-9-16(15-14-10)6-7-17-11(18)3-4-12(17)19/h9,13H,2-8H2,1H3. The number of amides is 2. The summed E-state index contributed by atoms with van der Waals surface area (Å²) in [4.78, 5) is 24.2. The molecule has 1 aliphatic rings. The summed E-state index contributed by atoms with van der Waals surface area (Å²) in [5, 5.41) is 11.3. The Bertz CT molecular complexity index is 441. The highest BCUT2D eigenvalue weighted by Gasteiger charge is 2.28. The SMILES string of the molecule is CCCNCc1cn(CCN2C(=O)CCC2=O)nn1. The maximum atomic E-state index is 11.4. The van der Waals surface area contributed by atoms with E-state index in [1.165, 1.54) is 4.90 Å². The Balaban J connectivity index is 1.80. The number of aromatic nitrogens is 3. The fourth-order valence-electron chi connectivity index (χ4n) is 2.00. The molecule has 7 heteroatoms. The molecule has 1 aromatic heterocycles. The maximum absolute atomic E-state index is 11.4. The molecule has 2 heterocycles. The van der Waals surface area contributed by atoms with E-state index < -0.39 is 0 Å². The number of carbonyl (C=O) groups is 2. The molecule has 1 saturated heterocycles. The van der Waals surface area contributed by atoms with Crippen LogP contribution in [-0.2, 0) is 22.7 Å². The Morgan fingerprint density at radius 3 is 2.68 bits per heavy atom. The number of likely N-dealkylation sites (tertiary alicyclic amines) is 1.